The number of alkyl halides is 3. The number of ketones is 1. The molecule has 5 rings (SSSR count). The maximum Gasteiger partial charge on any atom is 0.455 e. The molecular weight excluding hydrogens is 457 g/mol. The predicted octanol–water partition coefficient (Wildman–Crippen LogP) is 7.45. The number of carbonyl (C=O) groups excluding carboxylic acids is 1. The number of rotatable bonds is 7. The lowest BCUT2D eigenvalue weighted by molar-refractivity contribution is -0.0888. The normalized spacial score (nSPS) is 19.1. The molecule has 35 heavy (non-hydrogen) atoms. The highest BCUT2D eigenvalue weighted by Crippen LogP contribution is 2.47. The third-order valence-corrected chi connectivity index (χ3v) is 8.10. The zero-order chi connectivity index (χ0) is 25.2. The third kappa shape index (κ3) is 4.34. The first-order chi connectivity index (χ1) is 16.5. The minimum absolute atomic E-state index is 0.0000175. The van der Waals surface area contributed by atoms with E-state index in [9.17, 15) is 27.9 Å². The van der Waals surface area contributed by atoms with Crippen molar-refractivity contribution in [1.82, 2.24) is 0 Å². The van der Waals surface area contributed by atoms with Gasteiger partial charge in [-0.15, -0.1) is 0 Å². The van der Waals surface area contributed by atoms with Gasteiger partial charge in [-0.1, -0.05) is 51.8 Å². The second-order valence-electron chi connectivity index (χ2n) is 10.7. The van der Waals surface area contributed by atoms with Gasteiger partial charge in [0.05, 0.1) is 5.39 Å². The molecule has 4 nitrogen and oxygen atoms in total. The quantitative estimate of drug-likeness (QED) is 0.214. The highest BCUT2D eigenvalue weighted by atomic mass is 19.4. The first-order valence-corrected chi connectivity index (χ1v) is 12.3. The lowest BCUT2D eigenvalue weighted by atomic mass is 9.83. The van der Waals surface area contributed by atoms with Gasteiger partial charge in [-0.25, -0.2) is 4.79 Å². The molecule has 7 heteroatoms. The van der Waals surface area contributed by atoms with Crippen LogP contribution < -0.4 is 5.63 Å². The van der Waals surface area contributed by atoms with Gasteiger partial charge in [-0.3, -0.25) is 4.79 Å². The Hall–Kier alpha value is -2.83. The van der Waals surface area contributed by atoms with E-state index in [1.165, 1.54) is 12.8 Å². The van der Waals surface area contributed by atoms with E-state index in [1.54, 1.807) is 0 Å². The molecule has 0 aliphatic heterocycles. The van der Waals surface area contributed by atoms with Crippen molar-refractivity contribution in [2.45, 2.75) is 70.9 Å². The molecular formula is C28H29F3O4. The predicted molar refractivity (Wildman–Crippen MR) is 128 cm³/mol. The Bertz CT molecular complexity index is 1380. The second-order valence-corrected chi connectivity index (χ2v) is 10.7. The van der Waals surface area contributed by atoms with Crippen LogP contribution in [0, 0.1) is 17.8 Å². The Morgan fingerprint density at radius 2 is 1.80 bits per heavy atom. The van der Waals surface area contributed by atoms with E-state index in [0.717, 1.165) is 30.2 Å². The minimum atomic E-state index is -5.31. The summed E-state index contributed by atoms with van der Waals surface area (Å²) in [4.78, 5) is 24.7. The molecule has 2 saturated carbocycles. The van der Waals surface area contributed by atoms with Crippen LogP contribution in [0.2, 0.25) is 0 Å². The smallest absolute Gasteiger partial charge is 0.455 e. The average Bonchev–Trinajstić information content (AvgIpc) is 3.71. The molecule has 0 spiro atoms. The molecule has 3 atom stereocenters. The SMILES string of the molecule is CC(CC1CC1)c1ccc2cc(C(C)C(C)C3CC3)c3oc(=O)c(C(=O)C(F)(F)F)c(O)c3c2c1. The Balaban J connectivity index is 1.78. The van der Waals surface area contributed by atoms with E-state index < -0.39 is 28.9 Å². The summed E-state index contributed by atoms with van der Waals surface area (Å²) in [6, 6.07) is 7.68. The van der Waals surface area contributed by atoms with Crippen molar-refractivity contribution in [3.63, 3.8) is 0 Å². The zero-order valence-corrected chi connectivity index (χ0v) is 20.0. The summed E-state index contributed by atoms with van der Waals surface area (Å²) in [5.41, 5.74) is -1.12. The topological polar surface area (TPSA) is 67.5 Å². The van der Waals surface area contributed by atoms with E-state index in [0.29, 0.717) is 22.8 Å². The summed E-state index contributed by atoms with van der Waals surface area (Å²) in [7, 11) is 0. The molecule has 1 N–H and O–H groups in total. The van der Waals surface area contributed by atoms with Crippen LogP contribution >= 0.6 is 0 Å². The van der Waals surface area contributed by atoms with Gasteiger partial charge in [0.1, 0.15) is 11.3 Å². The maximum absolute atomic E-state index is 13.3. The fourth-order valence-corrected chi connectivity index (χ4v) is 5.42. The molecule has 0 radical (unpaired) electrons. The number of benzene rings is 2. The van der Waals surface area contributed by atoms with Gasteiger partial charge in [0.2, 0.25) is 0 Å². The first kappa shape index (κ1) is 23.9. The summed E-state index contributed by atoms with van der Waals surface area (Å²) >= 11 is 0. The summed E-state index contributed by atoms with van der Waals surface area (Å²) < 4.78 is 45.3. The van der Waals surface area contributed by atoms with Crippen molar-refractivity contribution < 1.29 is 27.5 Å². The van der Waals surface area contributed by atoms with Gasteiger partial charge in [-0.05, 0) is 76.8 Å². The van der Waals surface area contributed by atoms with E-state index >= 15 is 0 Å². The lowest BCUT2D eigenvalue weighted by Crippen LogP contribution is -2.28. The molecule has 2 fully saturated rings. The van der Waals surface area contributed by atoms with Gasteiger partial charge < -0.3 is 9.52 Å². The van der Waals surface area contributed by atoms with Crippen LogP contribution in [0.25, 0.3) is 21.7 Å². The summed E-state index contributed by atoms with van der Waals surface area (Å²) in [5, 5.41) is 12.2. The van der Waals surface area contributed by atoms with Crippen molar-refractivity contribution in [3.05, 3.63) is 51.4 Å². The van der Waals surface area contributed by atoms with E-state index in [4.69, 9.17) is 4.42 Å². The average molecular weight is 487 g/mol. The van der Waals surface area contributed by atoms with Crippen LogP contribution in [-0.2, 0) is 0 Å². The van der Waals surface area contributed by atoms with Crippen molar-refractivity contribution in [2.75, 3.05) is 0 Å². The van der Waals surface area contributed by atoms with E-state index in [-0.39, 0.29) is 28.7 Å². The highest BCUT2D eigenvalue weighted by Gasteiger charge is 2.44. The van der Waals surface area contributed by atoms with Gasteiger partial charge in [0.25, 0.3) is 5.78 Å². The molecule has 0 amide bonds. The third-order valence-electron chi connectivity index (χ3n) is 8.10. The molecule has 0 bridgehead atoms. The number of hydrogen-bond acceptors (Lipinski definition) is 4. The Labute approximate surface area is 201 Å². The molecule has 3 aromatic rings. The maximum atomic E-state index is 13.3. The molecule has 0 saturated heterocycles. The molecule has 3 unspecified atom stereocenters. The number of hydrogen-bond donors (Lipinski definition) is 1. The van der Waals surface area contributed by atoms with Crippen LogP contribution in [0.3, 0.4) is 0 Å². The van der Waals surface area contributed by atoms with Crippen molar-refractivity contribution in [2.24, 2.45) is 17.8 Å². The Kier molecular flexibility index (Phi) is 5.72. The number of fused-ring (bicyclic) bond motifs is 3. The minimum Gasteiger partial charge on any atom is -0.506 e. The number of Topliss-reactive ketones (excluding diaryl/α,β-unsaturated/α-hetero) is 1. The molecule has 186 valence electrons. The monoisotopic (exact) mass is 486 g/mol. The number of aromatic hydroxyl groups is 1. The molecule has 2 aliphatic carbocycles. The molecule has 1 aromatic heterocycles. The van der Waals surface area contributed by atoms with Gasteiger partial charge >= 0.3 is 11.8 Å². The number of halogens is 3. The highest BCUT2D eigenvalue weighted by molar-refractivity contribution is 6.14. The van der Waals surface area contributed by atoms with E-state index in [1.807, 2.05) is 31.2 Å². The molecule has 2 aromatic carbocycles. The van der Waals surface area contributed by atoms with Crippen LogP contribution in [-0.4, -0.2) is 17.1 Å². The zero-order valence-electron chi connectivity index (χ0n) is 20.0. The second kappa shape index (κ2) is 8.38. The number of carbonyl (C=O) groups is 1. The molecule has 1 heterocycles. The van der Waals surface area contributed by atoms with Gasteiger partial charge in [0, 0.05) is 0 Å². The van der Waals surface area contributed by atoms with Crippen LogP contribution in [0.5, 0.6) is 5.75 Å². The summed E-state index contributed by atoms with van der Waals surface area (Å²) in [5.74, 6) is -1.71. The van der Waals surface area contributed by atoms with Gasteiger partial charge in [0.15, 0.2) is 5.56 Å². The lowest BCUT2D eigenvalue weighted by Gasteiger charge is -2.23. The fraction of sp³-hybridized carbons (Fsp3) is 0.500. The van der Waals surface area contributed by atoms with E-state index in [2.05, 4.69) is 13.8 Å². The van der Waals surface area contributed by atoms with Gasteiger partial charge in [-0.2, -0.15) is 13.2 Å². The fourth-order valence-electron chi connectivity index (χ4n) is 5.42. The Morgan fingerprint density at radius 3 is 2.40 bits per heavy atom. The van der Waals surface area contributed by atoms with Crippen LogP contribution in [0.15, 0.2) is 33.5 Å². The summed E-state index contributed by atoms with van der Waals surface area (Å²) in [6.07, 6.45) is 0.324. The molecule has 2 aliphatic rings. The van der Waals surface area contributed by atoms with Crippen molar-refractivity contribution >= 4 is 27.5 Å². The van der Waals surface area contributed by atoms with Crippen LogP contribution in [0.4, 0.5) is 13.2 Å². The van der Waals surface area contributed by atoms with Crippen LogP contribution in [0.1, 0.15) is 86.2 Å². The van der Waals surface area contributed by atoms with Crippen molar-refractivity contribution in [3.8, 4) is 5.75 Å². The Morgan fingerprint density at radius 1 is 1.11 bits per heavy atom. The first-order valence-electron chi connectivity index (χ1n) is 12.3. The summed E-state index contributed by atoms with van der Waals surface area (Å²) in [6.45, 7) is 6.22. The largest absolute Gasteiger partial charge is 0.506 e. The van der Waals surface area contributed by atoms with Crippen molar-refractivity contribution in [1.29, 1.82) is 0 Å². The standard InChI is InChI=1S/C28H29F3O4/c1-13(10-16-4-5-16)18-8-9-19-12-20(15(3)14(2)17-6-7-17)25-22(21(19)11-18)24(32)23(27(34)35-25)26(33)28(29,30)31/h8-9,11-17,32H,4-7,10H2,1-3H3.